The molecule has 1 amide bonds. The number of carbonyl (C=O) groups is 1. The summed E-state index contributed by atoms with van der Waals surface area (Å²) in [7, 11) is 0. The van der Waals surface area contributed by atoms with Gasteiger partial charge in [-0.05, 0) is 19.9 Å². The maximum absolute atomic E-state index is 11.6. The molecule has 0 saturated heterocycles. The molecule has 0 bridgehead atoms. The second-order valence-electron chi connectivity index (χ2n) is 3.98. The van der Waals surface area contributed by atoms with Gasteiger partial charge in [0.15, 0.2) is 0 Å². The average molecular weight is 209 g/mol. The maximum atomic E-state index is 11.6. The van der Waals surface area contributed by atoms with Crippen molar-refractivity contribution in [3.05, 3.63) is 34.2 Å². The van der Waals surface area contributed by atoms with Gasteiger partial charge in [0.05, 0.1) is 5.56 Å². The predicted molar refractivity (Wildman–Crippen MR) is 57.7 cm³/mol. The fourth-order valence-electron chi connectivity index (χ4n) is 0.982. The Balaban J connectivity index is 2.78. The molecule has 0 saturated carbocycles. The second-order valence-corrected chi connectivity index (χ2v) is 3.98. The van der Waals surface area contributed by atoms with Gasteiger partial charge in [0.1, 0.15) is 0 Å². The van der Waals surface area contributed by atoms with E-state index in [4.69, 9.17) is 5.73 Å². The molecule has 1 heterocycles. The van der Waals surface area contributed by atoms with E-state index >= 15 is 0 Å². The number of H-pyrrole nitrogens is 1. The van der Waals surface area contributed by atoms with Gasteiger partial charge >= 0.3 is 0 Å². The van der Waals surface area contributed by atoms with Crippen LogP contribution in [0.2, 0.25) is 0 Å². The quantitative estimate of drug-likeness (QED) is 0.646. The van der Waals surface area contributed by atoms with Gasteiger partial charge in [0.25, 0.3) is 5.91 Å². The highest BCUT2D eigenvalue weighted by Crippen LogP contribution is 2.01. The Kier molecular flexibility index (Phi) is 3.26. The standard InChI is InChI=1S/C10H15N3O2/c1-10(2,6-11)13-9(15)7-3-4-8(14)12-5-7/h3-5H,6,11H2,1-2H3,(H,12,14)(H,13,15). The summed E-state index contributed by atoms with van der Waals surface area (Å²) in [6.45, 7) is 4.01. The van der Waals surface area contributed by atoms with Crippen LogP contribution >= 0.6 is 0 Å². The largest absolute Gasteiger partial charge is 0.346 e. The molecule has 5 nitrogen and oxygen atoms in total. The van der Waals surface area contributed by atoms with E-state index in [1.165, 1.54) is 18.3 Å². The number of pyridine rings is 1. The van der Waals surface area contributed by atoms with Gasteiger partial charge in [0, 0.05) is 24.3 Å². The van der Waals surface area contributed by atoms with E-state index in [9.17, 15) is 9.59 Å². The number of rotatable bonds is 3. The van der Waals surface area contributed by atoms with Crippen molar-refractivity contribution in [1.29, 1.82) is 0 Å². The lowest BCUT2D eigenvalue weighted by molar-refractivity contribution is 0.0915. The Morgan fingerprint density at radius 3 is 2.67 bits per heavy atom. The van der Waals surface area contributed by atoms with Crippen molar-refractivity contribution >= 4 is 5.91 Å². The van der Waals surface area contributed by atoms with E-state index in [1.807, 2.05) is 13.8 Å². The van der Waals surface area contributed by atoms with Crippen LogP contribution in [-0.2, 0) is 0 Å². The first-order valence-electron chi connectivity index (χ1n) is 4.66. The number of carbonyl (C=O) groups excluding carboxylic acids is 1. The molecule has 0 aliphatic heterocycles. The highest BCUT2D eigenvalue weighted by atomic mass is 16.2. The van der Waals surface area contributed by atoms with E-state index < -0.39 is 5.54 Å². The van der Waals surface area contributed by atoms with Crippen LogP contribution in [0.4, 0.5) is 0 Å². The lowest BCUT2D eigenvalue weighted by atomic mass is 10.1. The Bertz CT molecular complexity index is 389. The van der Waals surface area contributed by atoms with Crippen molar-refractivity contribution in [1.82, 2.24) is 10.3 Å². The summed E-state index contributed by atoms with van der Waals surface area (Å²) in [6, 6.07) is 2.78. The third-order valence-corrected chi connectivity index (χ3v) is 2.01. The summed E-state index contributed by atoms with van der Waals surface area (Å²) >= 11 is 0. The van der Waals surface area contributed by atoms with Crippen molar-refractivity contribution in [3.8, 4) is 0 Å². The SMILES string of the molecule is CC(C)(CN)NC(=O)c1ccc(=O)[nH]c1. The van der Waals surface area contributed by atoms with Crippen molar-refractivity contribution in [2.45, 2.75) is 19.4 Å². The molecule has 1 rings (SSSR count). The Labute approximate surface area is 87.7 Å². The minimum absolute atomic E-state index is 0.232. The molecule has 4 N–H and O–H groups in total. The molecule has 0 spiro atoms. The molecular weight excluding hydrogens is 194 g/mol. The first-order valence-corrected chi connectivity index (χ1v) is 4.66. The van der Waals surface area contributed by atoms with Gasteiger partial charge in [-0.2, -0.15) is 0 Å². The average Bonchev–Trinajstić information content (AvgIpc) is 2.18. The Hall–Kier alpha value is -1.62. The van der Waals surface area contributed by atoms with Crippen molar-refractivity contribution < 1.29 is 4.79 Å². The molecule has 0 aliphatic rings. The fraction of sp³-hybridized carbons (Fsp3) is 0.400. The molecular formula is C10H15N3O2. The van der Waals surface area contributed by atoms with Crippen LogP contribution in [0, 0.1) is 0 Å². The number of aromatic nitrogens is 1. The Morgan fingerprint density at radius 1 is 1.53 bits per heavy atom. The van der Waals surface area contributed by atoms with Gasteiger partial charge in [0.2, 0.25) is 5.56 Å². The molecule has 15 heavy (non-hydrogen) atoms. The number of hydrogen-bond acceptors (Lipinski definition) is 3. The lowest BCUT2D eigenvalue weighted by Crippen LogP contribution is -2.48. The highest BCUT2D eigenvalue weighted by Gasteiger charge is 2.18. The first kappa shape index (κ1) is 11.5. The summed E-state index contributed by atoms with van der Waals surface area (Å²) < 4.78 is 0. The van der Waals surface area contributed by atoms with E-state index in [-0.39, 0.29) is 11.5 Å². The third-order valence-electron chi connectivity index (χ3n) is 2.01. The maximum Gasteiger partial charge on any atom is 0.253 e. The highest BCUT2D eigenvalue weighted by molar-refractivity contribution is 5.94. The number of aromatic amines is 1. The summed E-state index contributed by atoms with van der Waals surface area (Å²) in [5, 5.41) is 2.76. The lowest BCUT2D eigenvalue weighted by Gasteiger charge is -2.24. The molecule has 82 valence electrons. The zero-order valence-electron chi connectivity index (χ0n) is 8.83. The van der Waals surface area contributed by atoms with Crippen molar-refractivity contribution in [2.75, 3.05) is 6.54 Å². The van der Waals surface area contributed by atoms with Gasteiger partial charge in [-0.25, -0.2) is 0 Å². The van der Waals surface area contributed by atoms with Gasteiger partial charge in [-0.1, -0.05) is 0 Å². The van der Waals surface area contributed by atoms with Crippen molar-refractivity contribution in [2.24, 2.45) is 5.73 Å². The Morgan fingerprint density at radius 2 is 2.20 bits per heavy atom. The monoisotopic (exact) mass is 209 g/mol. The summed E-state index contributed by atoms with van der Waals surface area (Å²) in [4.78, 5) is 24.9. The van der Waals surface area contributed by atoms with Gasteiger partial charge in [-0.3, -0.25) is 9.59 Å². The zero-order chi connectivity index (χ0) is 11.5. The zero-order valence-corrected chi connectivity index (χ0v) is 8.83. The van der Waals surface area contributed by atoms with Crippen molar-refractivity contribution in [3.63, 3.8) is 0 Å². The number of amides is 1. The normalized spacial score (nSPS) is 11.1. The molecule has 5 heteroatoms. The van der Waals surface area contributed by atoms with Gasteiger partial charge < -0.3 is 16.0 Å². The molecule has 0 fully saturated rings. The fourth-order valence-corrected chi connectivity index (χ4v) is 0.982. The summed E-state index contributed by atoms with van der Waals surface area (Å²) in [5.74, 6) is -0.248. The smallest absolute Gasteiger partial charge is 0.253 e. The molecule has 0 unspecified atom stereocenters. The number of nitrogens with two attached hydrogens (primary N) is 1. The van der Waals surface area contributed by atoms with Crippen LogP contribution in [-0.4, -0.2) is 23.0 Å². The minimum Gasteiger partial charge on any atom is -0.346 e. The van der Waals surface area contributed by atoms with Crippen LogP contribution in [0.1, 0.15) is 24.2 Å². The molecule has 0 aliphatic carbocycles. The van der Waals surface area contributed by atoms with Crippen LogP contribution in [0.25, 0.3) is 0 Å². The second kappa shape index (κ2) is 4.27. The number of hydrogen-bond donors (Lipinski definition) is 3. The van der Waals surface area contributed by atoms with E-state index in [2.05, 4.69) is 10.3 Å². The topological polar surface area (TPSA) is 88.0 Å². The molecule has 0 atom stereocenters. The van der Waals surface area contributed by atoms with E-state index in [0.29, 0.717) is 12.1 Å². The predicted octanol–water partition coefficient (Wildman–Crippen LogP) is -0.158. The molecule has 0 radical (unpaired) electrons. The third kappa shape index (κ3) is 3.21. The molecule has 1 aromatic rings. The number of nitrogens with one attached hydrogen (secondary N) is 2. The van der Waals surface area contributed by atoms with Crippen LogP contribution in [0.5, 0.6) is 0 Å². The van der Waals surface area contributed by atoms with E-state index in [0.717, 1.165) is 0 Å². The molecule has 0 aromatic carbocycles. The van der Waals surface area contributed by atoms with Crippen LogP contribution in [0.3, 0.4) is 0 Å². The summed E-state index contributed by atoms with van der Waals surface area (Å²) in [5.41, 5.74) is 5.21. The van der Waals surface area contributed by atoms with Crippen LogP contribution < -0.4 is 16.6 Å². The van der Waals surface area contributed by atoms with Gasteiger partial charge in [-0.15, -0.1) is 0 Å². The molecule has 1 aromatic heterocycles. The van der Waals surface area contributed by atoms with Crippen LogP contribution in [0.15, 0.2) is 23.1 Å². The minimum atomic E-state index is -0.451. The summed E-state index contributed by atoms with van der Waals surface area (Å²) in [6.07, 6.45) is 1.38. The first-order chi connectivity index (χ1) is 6.94. The van der Waals surface area contributed by atoms with E-state index in [1.54, 1.807) is 0 Å².